The lowest BCUT2D eigenvalue weighted by Crippen LogP contribution is -1.83. The van der Waals surface area contributed by atoms with Crippen molar-refractivity contribution in [3.05, 3.63) is 85.1 Å². The molecule has 0 radical (unpaired) electrons. The summed E-state index contributed by atoms with van der Waals surface area (Å²) in [6.07, 6.45) is 1.97. The zero-order valence-corrected chi connectivity index (χ0v) is 12.6. The number of aromatic nitrogens is 1. The molecule has 4 aromatic carbocycles. The highest BCUT2D eigenvalue weighted by molar-refractivity contribution is 6.08. The van der Waals surface area contributed by atoms with Gasteiger partial charge in [0.1, 0.15) is 0 Å². The number of benzene rings is 4. The second-order valence-electron chi connectivity index (χ2n) is 6.01. The molecule has 0 fully saturated rings. The molecular formula is C22H15N. The molecule has 1 nitrogen and oxygen atoms in total. The van der Waals surface area contributed by atoms with E-state index in [1.165, 1.54) is 37.9 Å². The van der Waals surface area contributed by atoms with Gasteiger partial charge < -0.3 is 4.98 Å². The molecule has 5 aromatic rings. The van der Waals surface area contributed by atoms with E-state index in [1.807, 2.05) is 12.3 Å². The average Bonchev–Trinajstić information content (AvgIpc) is 3.12. The van der Waals surface area contributed by atoms with Crippen LogP contribution in [0, 0.1) is 0 Å². The predicted octanol–water partition coefficient (Wildman–Crippen LogP) is 6.14. The highest BCUT2D eigenvalue weighted by Crippen LogP contribution is 2.32. The summed E-state index contributed by atoms with van der Waals surface area (Å²) in [7, 11) is 0. The van der Waals surface area contributed by atoms with Crippen molar-refractivity contribution in [3.8, 4) is 11.3 Å². The van der Waals surface area contributed by atoms with Gasteiger partial charge in [-0.2, -0.15) is 0 Å². The molecule has 0 atom stereocenters. The Kier molecular flexibility index (Phi) is 2.56. The van der Waals surface area contributed by atoms with Crippen LogP contribution < -0.4 is 0 Å². The van der Waals surface area contributed by atoms with Crippen LogP contribution in [-0.4, -0.2) is 4.98 Å². The number of aromatic amines is 1. The predicted molar refractivity (Wildman–Crippen MR) is 98.7 cm³/mol. The minimum Gasteiger partial charge on any atom is -0.361 e. The van der Waals surface area contributed by atoms with Gasteiger partial charge in [-0.15, -0.1) is 0 Å². The molecule has 0 saturated heterocycles. The lowest BCUT2D eigenvalue weighted by Gasteiger charge is -2.09. The van der Waals surface area contributed by atoms with Gasteiger partial charge in [0.25, 0.3) is 0 Å². The SMILES string of the molecule is c1c[nH]c(-c2cccc3cc4cc5ccccc5cc4cc23)c1. The van der Waals surface area contributed by atoms with E-state index in [0.717, 1.165) is 5.69 Å². The van der Waals surface area contributed by atoms with Crippen molar-refractivity contribution in [1.82, 2.24) is 4.98 Å². The van der Waals surface area contributed by atoms with Crippen LogP contribution in [0.2, 0.25) is 0 Å². The maximum absolute atomic E-state index is 3.32. The molecule has 0 bridgehead atoms. The molecule has 0 spiro atoms. The number of rotatable bonds is 1. The fourth-order valence-corrected chi connectivity index (χ4v) is 3.45. The molecule has 0 aliphatic heterocycles. The third kappa shape index (κ3) is 1.94. The first-order chi connectivity index (χ1) is 11.4. The Morgan fingerprint density at radius 3 is 1.96 bits per heavy atom. The van der Waals surface area contributed by atoms with Crippen molar-refractivity contribution in [2.75, 3.05) is 0 Å². The molecule has 23 heavy (non-hydrogen) atoms. The number of hydrogen-bond donors (Lipinski definition) is 1. The van der Waals surface area contributed by atoms with Crippen molar-refractivity contribution in [2.45, 2.75) is 0 Å². The normalized spacial score (nSPS) is 11.5. The van der Waals surface area contributed by atoms with E-state index in [9.17, 15) is 0 Å². The lowest BCUT2D eigenvalue weighted by atomic mass is 9.96. The monoisotopic (exact) mass is 293 g/mol. The van der Waals surface area contributed by atoms with Crippen LogP contribution in [0.25, 0.3) is 43.6 Å². The second-order valence-corrected chi connectivity index (χ2v) is 6.01. The quantitative estimate of drug-likeness (QED) is 0.357. The van der Waals surface area contributed by atoms with Crippen LogP contribution in [-0.2, 0) is 0 Å². The van der Waals surface area contributed by atoms with Crippen LogP contribution in [0.1, 0.15) is 0 Å². The summed E-state index contributed by atoms with van der Waals surface area (Å²) >= 11 is 0. The summed E-state index contributed by atoms with van der Waals surface area (Å²) in [6, 6.07) is 28.4. The molecule has 108 valence electrons. The number of fused-ring (bicyclic) bond motifs is 3. The number of nitrogens with one attached hydrogen (secondary N) is 1. The Bertz CT molecular complexity index is 1150. The Labute approximate surface area is 134 Å². The van der Waals surface area contributed by atoms with Gasteiger partial charge in [-0.3, -0.25) is 0 Å². The van der Waals surface area contributed by atoms with Gasteiger partial charge in [0.15, 0.2) is 0 Å². The van der Waals surface area contributed by atoms with E-state index in [1.54, 1.807) is 0 Å². The van der Waals surface area contributed by atoms with Crippen molar-refractivity contribution < 1.29 is 0 Å². The summed E-state index contributed by atoms with van der Waals surface area (Å²) in [5, 5.41) is 7.73. The van der Waals surface area contributed by atoms with Gasteiger partial charge in [-0.1, -0.05) is 42.5 Å². The van der Waals surface area contributed by atoms with Gasteiger partial charge in [-0.25, -0.2) is 0 Å². The summed E-state index contributed by atoms with van der Waals surface area (Å²) in [5.41, 5.74) is 2.42. The molecule has 1 N–H and O–H groups in total. The van der Waals surface area contributed by atoms with Crippen molar-refractivity contribution >= 4 is 32.3 Å². The third-order valence-electron chi connectivity index (χ3n) is 4.59. The van der Waals surface area contributed by atoms with Gasteiger partial charge in [-0.05, 0) is 68.7 Å². The minimum absolute atomic E-state index is 1.16. The van der Waals surface area contributed by atoms with E-state index < -0.39 is 0 Å². The number of hydrogen-bond acceptors (Lipinski definition) is 0. The molecule has 0 aliphatic carbocycles. The van der Waals surface area contributed by atoms with E-state index in [-0.39, 0.29) is 0 Å². The van der Waals surface area contributed by atoms with Crippen molar-refractivity contribution in [2.24, 2.45) is 0 Å². The molecule has 1 heterocycles. The maximum Gasteiger partial charge on any atom is 0.0460 e. The molecule has 0 amide bonds. The molecule has 1 heteroatoms. The summed E-state index contributed by atoms with van der Waals surface area (Å²) in [6.45, 7) is 0. The number of H-pyrrole nitrogens is 1. The van der Waals surface area contributed by atoms with Gasteiger partial charge >= 0.3 is 0 Å². The first kappa shape index (κ1) is 12.5. The zero-order chi connectivity index (χ0) is 15.2. The molecule has 1 aromatic heterocycles. The topological polar surface area (TPSA) is 15.8 Å². The molecule has 0 unspecified atom stereocenters. The largest absolute Gasteiger partial charge is 0.361 e. The lowest BCUT2D eigenvalue weighted by molar-refractivity contribution is 1.41. The van der Waals surface area contributed by atoms with Crippen LogP contribution >= 0.6 is 0 Å². The minimum atomic E-state index is 1.16. The highest BCUT2D eigenvalue weighted by atomic mass is 14.7. The van der Waals surface area contributed by atoms with Crippen LogP contribution in [0.3, 0.4) is 0 Å². The van der Waals surface area contributed by atoms with E-state index in [4.69, 9.17) is 0 Å². The highest BCUT2D eigenvalue weighted by Gasteiger charge is 2.06. The fraction of sp³-hybridized carbons (Fsp3) is 0. The Balaban J connectivity index is 1.89. The van der Waals surface area contributed by atoms with Crippen LogP contribution in [0.5, 0.6) is 0 Å². The Morgan fingerprint density at radius 2 is 1.22 bits per heavy atom. The van der Waals surface area contributed by atoms with Crippen LogP contribution in [0.4, 0.5) is 0 Å². The summed E-state index contributed by atoms with van der Waals surface area (Å²) in [4.78, 5) is 3.32. The summed E-state index contributed by atoms with van der Waals surface area (Å²) < 4.78 is 0. The Hall–Kier alpha value is -3.06. The van der Waals surface area contributed by atoms with E-state index in [0.29, 0.717) is 0 Å². The first-order valence-electron chi connectivity index (χ1n) is 7.87. The maximum atomic E-state index is 3.32. The average molecular weight is 293 g/mol. The van der Waals surface area contributed by atoms with Crippen molar-refractivity contribution in [1.29, 1.82) is 0 Å². The van der Waals surface area contributed by atoms with Crippen molar-refractivity contribution in [3.63, 3.8) is 0 Å². The van der Waals surface area contributed by atoms with Gasteiger partial charge in [0.05, 0.1) is 0 Å². The fourth-order valence-electron chi connectivity index (χ4n) is 3.45. The summed E-state index contributed by atoms with van der Waals surface area (Å²) in [5.74, 6) is 0. The van der Waals surface area contributed by atoms with Gasteiger partial charge in [0, 0.05) is 17.5 Å². The zero-order valence-electron chi connectivity index (χ0n) is 12.6. The molecule has 0 aliphatic rings. The smallest absolute Gasteiger partial charge is 0.0460 e. The van der Waals surface area contributed by atoms with E-state index >= 15 is 0 Å². The standard InChI is InChI=1S/C22H15N/c1-2-6-16-12-19-14-21-17(13-18(19)11-15(16)5-1)7-3-8-20(21)22-9-4-10-23-22/h1-14,23H. The van der Waals surface area contributed by atoms with Crippen LogP contribution in [0.15, 0.2) is 85.1 Å². The van der Waals surface area contributed by atoms with Gasteiger partial charge in [0.2, 0.25) is 0 Å². The molecular weight excluding hydrogens is 278 g/mol. The van der Waals surface area contributed by atoms with E-state index in [2.05, 4.69) is 77.8 Å². The Morgan fingerprint density at radius 1 is 0.522 bits per heavy atom. The second kappa shape index (κ2) is 4.72. The molecule has 5 rings (SSSR count). The first-order valence-corrected chi connectivity index (χ1v) is 7.87. The third-order valence-corrected chi connectivity index (χ3v) is 4.59. The molecule has 0 saturated carbocycles.